The van der Waals surface area contributed by atoms with Crippen LogP contribution in [0, 0.1) is 0 Å². The molecule has 1 heterocycles. The number of aliphatic hydroxyl groups is 4. The quantitative estimate of drug-likeness (QED) is 0.466. The molecule has 14 heavy (non-hydrogen) atoms. The van der Waals surface area contributed by atoms with Crippen molar-refractivity contribution in [2.45, 2.75) is 36.8 Å². The Kier molecular flexibility index (Phi) is 4.62. The molecule has 0 saturated carbocycles. The molecule has 6 heteroatoms. The maximum atomic E-state index is 9.51. The molecule has 5 atom stereocenters. The van der Waals surface area contributed by atoms with Gasteiger partial charge in [-0.05, 0) is 5.75 Å². The van der Waals surface area contributed by atoms with Gasteiger partial charge in [0.25, 0.3) is 0 Å². The van der Waals surface area contributed by atoms with E-state index in [2.05, 4.69) is 0 Å². The van der Waals surface area contributed by atoms with Crippen LogP contribution in [0.1, 0.15) is 6.92 Å². The Morgan fingerprint density at radius 1 is 1.36 bits per heavy atom. The molecule has 0 bridgehead atoms. The molecule has 1 aliphatic heterocycles. The first kappa shape index (κ1) is 12.2. The van der Waals surface area contributed by atoms with E-state index < -0.39 is 36.5 Å². The highest BCUT2D eigenvalue weighted by Gasteiger charge is 2.45. The summed E-state index contributed by atoms with van der Waals surface area (Å²) in [7, 11) is 0. The van der Waals surface area contributed by atoms with Gasteiger partial charge in [-0.2, -0.15) is 0 Å². The van der Waals surface area contributed by atoms with Crippen LogP contribution in [0.4, 0.5) is 0 Å². The summed E-state index contributed by atoms with van der Waals surface area (Å²) in [6.45, 7) is 1.42. The van der Waals surface area contributed by atoms with Crippen molar-refractivity contribution < 1.29 is 25.2 Å². The smallest absolute Gasteiger partial charge is 0.132 e. The van der Waals surface area contributed by atoms with Gasteiger partial charge in [-0.3, -0.25) is 0 Å². The minimum atomic E-state index is -1.15. The molecule has 1 saturated heterocycles. The summed E-state index contributed by atoms with van der Waals surface area (Å²) < 4.78 is 5.23. The van der Waals surface area contributed by atoms with E-state index in [0.29, 0.717) is 0 Å². The van der Waals surface area contributed by atoms with Gasteiger partial charge in [0, 0.05) is 0 Å². The van der Waals surface area contributed by atoms with Crippen molar-refractivity contribution in [1.29, 1.82) is 0 Å². The van der Waals surface area contributed by atoms with Crippen molar-refractivity contribution in [3.63, 3.8) is 0 Å². The summed E-state index contributed by atoms with van der Waals surface area (Å²) in [5.74, 6) is 0.746. The SMILES string of the molecule is CCS[C@H]1O[C@@H](C(O)CO)C(O)C1O. The van der Waals surface area contributed by atoms with E-state index in [-0.39, 0.29) is 0 Å². The van der Waals surface area contributed by atoms with Crippen molar-refractivity contribution >= 4 is 11.8 Å². The molecular weight excluding hydrogens is 208 g/mol. The molecule has 0 amide bonds. The van der Waals surface area contributed by atoms with E-state index >= 15 is 0 Å². The lowest BCUT2D eigenvalue weighted by Crippen LogP contribution is -2.40. The van der Waals surface area contributed by atoms with E-state index in [1.54, 1.807) is 0 Å². The molecule has 1 fully saturated rings. The first-order valence-corrected chi connectivity index (χ1v) is 5.58. The van der Waals surface area contributed by atoms with Crippen LogP contribution in [0.25, 0.3) is 0 Å². The van der Waals surface area contributed by atoms with Crippen molar-refractivity contribution in [3.8, 4) is 0 Å². The number of ether oxygens (including phenoxy) is 1. The standard InChI is InChI=1S/C8H16O5S/c1-2-14-8-6(12)5(11)7(13-8)4(10)3-9/h4-12H,2-3H2,1H3/t4?,5?,6?,7-,8+/m0/s1. The summed E-state index contributed by atoms with van der Waals surface area (Å²) in [6.07, 6.45) is -4.20. The molecule has 1 rings (SSSR count). The highest BCUT2D eigenvalue weighted by molar-refractivity contribution is 7.99. The van der Waals surface area contributed by atoms with E-state index in [1.807, 2.05) is 6.92 Å². The Morgan fingerprint density at radius 3 is 2.50 bits per heavy atom. The third-order valence-corrected chi connectivity index (χ3v) is 3.21. The van der Waals surface area contributed by atoms with Crippen LogP contribution in [0.5, 0.6) is 0 Å². The number of aliphatic hydroxyl groups excluding tert-OH is 4. The highest BCUT2D eigenvalue weighted by atomic mass is 32.2. The zero-order valence-corrected chi connectivity index (χ0v) is 8.72. The largest absolute Gasteiger partial charge is 0.394 e. The van der Waals surface area contributed by atoms with Gasteiger partial charge in [-0.25, -0.2) is 0 Å². The highest BCUT2D eigenvalue weighted by Crippen LogP contribution is 2.30. The van der Waals surface area contributed by atoms with E-state index in [0.717, 1.165) is 5.75 Å². The van der Waals surface area contributed by atoms with Crippen LogP contribution >= 0.6 is 11.8 Å². The molecule has 1 aliphatic rings. The van der Waals surface area contributed by atoms with Gasteiger partial charge in [0.1, 0.15) is 29.9 Å². The molecule has 3 unspecified atom stereocenters. The van der Waals surface area contributed by atoms with Gasteiger partial charge in [-0.15, -0.1) is 11.8 Å². The molecule has 84 valence electrons. The fourth-order valence-electron chi connectivity index (χ4n) is 1.40. The summed E-state index contributed by atoms with van der Waals surface area (Å²) in [5.41, 5.74) is -0.527. The van der Waals surface area contributed by atoms with Gasteiger partial charge in [0.2, 0.25) is 0 Å². The molecular formula is C8H16O5S. The van der Waals surface area contributed by atoms with Crippen LogP contribution in [0.2, 0.25) is 0 Å². The third-order valence-electron chi connectivity index (χ3n) is 2.15. The first-order valence-electron chi connectivity index (χ1n) is 4.54. The van der Waals surface area contributed by atoms with Gasteiger partial charge >= 0.3 is 0 Å². The maximum absolute atomic E-state index is 9.51. The fraction of sp³-hybridized carbons (Fsp3) is 1.00. The Balaban J connectivity index is 2.57. The number of rotatable bonds is 4. The van der Waals surface area contributed by atoms with E-state index in [4.69, 9.17) is 9.84 Å². The third kappa shape index (κ3) is 2.39. The predicted molar refractivity (Wildman–Crippen MR) is 51.9 cm³/mol. The second kappa shape index (κ2) is 5.29. The Morgan fingerprint density at radius 2 is 2.00 bits per heavy atom. The van der Waals surface area contributed by atoms with Gasteiger partial charge in [0.05, 0.1) is 6.61 Å². The minimum Gasteiger partial charge on any atom is -0.394 e. The summed E-state index contributed by atoms with van der Waals surface area (Å²) in [5, 5.41) is 37.0. The topological polar surface area (TPSA) is 90.2 Å². The Bertz CT molecular complexity index is 177. The second-order valence-corrected chi connectivity index (χ2v) is 4.53. The summed E-state index contributed by atoms with van der Waals surface area (Å²) in [4.78, 5) is 0. The molecule has 0 aromatic heterocycles. The van der Waals surface area contributed by atoms with Crippen LogP contribution in [0.15, 0.2) is 0 Å². The Hall–Kier alpha value is 0.150. The summed E-state index contributed by atoms with van der Waals surface area (Å²) >= 11 is 1.36. The van der Waals surface area contributed by atoms with Crippen molar-refractivity contribution in [3.05, 3.63) is 0 Å². The maximum Gasteiger partial charge on any atom is 0.132 e. The van der Waals surface area contributed by atoms with Gasteiger partial charge in [-0.1, -0.05) is 6.92 Å². The average molecular weight is 224 g/mol. The van der Waals surface area contributed by atoms with Crippen molar-refractivity contribution in [1.82, 2.24) is 0 Å². The molecule has 0 radical (unpaired) electrons. The fourth-order valence-corrected chi connectivity index (χ4v) is 2.29. The monoisotopic (exact) mass is 224 g/mol. The first-order chi connectivity index (χ1) is 6.61. The lowest BCUT2D eigenvalue weighted by atomic mass is 10.1. The minimum absolute atomic E-state index is 0.488. The van der Waals surface area contributed by atoms with Crippen LogP contribution in [-0.4, -0.2) is 62.6 Å². The normalized spacial score (nSPS) is 40.1. The van der Waals surface area contributed by atoms with Crippen molar-refractivity contribution in [2.75, 3.05) is 12.4 Å². The predicted octanol–water partition coefficient (Wildman–Crippen LogP) is -1.46. The van der Waals surface area contributed by atoms with Gasteiger partial charge < -0.3 is 25.2 Å². The molecule has 4 N–H and O–H groups in total. The van der Waals surface area contributed by atoms with E-state index in [1.165, 1.54) is 11.8 Å². The second-order valence-electron chi connectivity index (χ2n) is 3.16. The lowest BCUT2D eigenvalue weighted by molar-refractivity contribution is -0.0713. The zero-order chi connectivity index (χ0) is 10.7. The zero-order valence-electron chi connectivity index (χ0n) is 7.91. The number of hydrogen-bond donors (Lipinski definition) is 4. The van der Waals surface area contributed by atoms with Gasteiger partial charge in [0.15, 0.2) is 0 Å². The van der Waals surface area contributed by atoms with Crippen molar-refractivity contribution in [2.24, 2.45) is 0 Å². The molecule has 0 aromatic rings. The molecule has 0 aromatic carbocycles. The van der Waals surface area contributed by atoms with Crippen LogP contribution in [-0.2, 0) is 4.74 Å². The molecule has 0 aliphatic carbocycles. The lowest BCUT2D eigenvalue weighted by Gasteiger charge is -2.18. The van der Waals surface area contributed by atoms with Crippen LogP contribution < -0.4 is 0 Å². The van der Waals surface area contributed by atoms with Crippen LogP contribution in [0.3, 0.4) is 0 Å². The molecule has 0 spiro atoms. The molecule has 5 nitrogen and oxygen atoms in total. The van der Waals surface area contributed by atoms with E-state index in [9.17, 15) is 15.3 Å². The number of hydrogen-bond acceptors (Lipinski definition) is 6. The Labute approximate surface area is 86.7 Å². The number of thioether (sulfide) groups is 1. The summed E-state index contributed by atoms with van der Waals surface area (Å²) in [6, 6.07) is 0. The average Bonchev–Trinajstić information content (AvgIpc) is 2.46.